The molecule has 1 amide bonds. The van der Waals surface area contributed by atoms with E-state index in [2.05, 4.69) is 5.32 Å². The molecule has 1 aromatic carbocycles. The number of hydrogen-bond donors (Lipinski definition) is 1. The average molecular weight is 341 g/mol. The van der Waals surface area contributed by atoms with E-state index in [0.29, 0.717) is 31.0 Å². The van der Waals surface area contributed by atoms with Crippen molar-refractivity contribution in [3.8, 4) is 0 Å². The Kier molecular flexibility index (Phi) is 6.19. The summed E-state index contributed by atoms with van der Waals surface area (Å²) in [5, 5.41) is 3.13. The van der Waals surface area contributed by atoms with E-state index in [9.17, 15) is 22.4 Å². The molecule has 0 aliphatic carbocycles. The van der Waals surface area contributed by atoms with Crippen molar-refractivity contribution in [3.63, 3.8) is 0 Å². The number of amides is 1. The molecule has 1 heterocycles. The molecule has 1 N–H and O–H groups in total. The molecule has 0 bridgehead atoms. The van der Waals surface area contributed by atoms with Crippen molar-refractivity contribution in [1.29, 1.82) is 0 Å². The topological polar surface area (TPSA) is 32.3 Å². The minimum Gasteiger partial charge on any atom is -0.339 e. The van der Waals surface area contributed by atoms with E-state index in [-0.39, 0.29) is 18.4 Å². The molecular weight excluding hydrogens is 324 g/mol. The third-order valence-corrected chi connectivity index (χ3v) is 3.70. The fourth-order valence-electron chi connectivity index (χ4n) is 2.42. The van der Waals surface area contributed by atoms with Gasteiger partial charge in [-0.2, -0.15) is 13.2 Å². The van der Waals surface area contributed by atoms with Gasteiger partial charge in [0.2, 0.25) is 0 Å². The Morgan fingerprint density at radius 3 is 2.41 bits per heavy atom. The number of rotatable bonds is 2. The van der Waals surface area contributed by atoms with Crippen molar-refractivity contribution in [2.75, 3.05) is 20.1 Å². The summed E-state index contributed by atoms with van der Waals surface area (Å²) in [7, 11) is 1.50. The van der Waals surface area contributed by atoms with Gasteiger partial charge in [0, 0.05) is 13.1 Å². The first-order valence-electron chi connectivity index (χ1n) is 6.65. The van der Waals surface area contributed by atoms with Gasteiger partial charge >= 0.3 is 6.18 Å². The molecule has 1 aliphatic heterocycles. The van der Waals surface area contributed by atoms with E-state index in [1.807, 2.05) is 0 Å². The van der Waals surface area contributed by atoms with E-state index < -0.39 is 29.0 Å². The van der Waals surface area contributed by atoms with Crippen LogP contribution in [0.5, 0.6) is 0 Å². The molecule has 2 rings (SSSR count). The fourth-order valence-corrected chi connectivity index (χ4v) is 2.42. The average Bonchev–Trinajstić information content (AvgIpc) is 2.46. The lowest BCUT2D eigenvalue weighted by atomic mass is 10.0. The molecule has 1 aliphatic rings. The van der Waals surface area contributed by atoms with Crippen LogP contribution in [0.15, 0.2) is 18.2 Å². The fraction of sp³-hybridized carbons (Fsp3) is 0.500. The molecule has 1 fully saturated rings. The van der Waals surface area contributed by atoms with Gasteiger partial charge in [0.25, 0.3) is 5.91 Å². The summed E-state index contributed by atoms with van der Waals surface area (Å²) in [6.07, 6.45) is -3.21. The van der Waals surface area contributed by atoms with E-state index in [1.165, 1.54) is 11.9 Å². The Hall–Kier alpha value is -1.34. The Labute approximate surface area is 132 Å². The van der Waals surface area contributed by atoms with Gasteiger partial charge in [-0.15, -0.1) is 12.4 Å². The minimum atomic E-state index is -4.60. The monoisotopic (exact) mass is 340 g/mol. The van der Waals surface area contributed by atoms with E-state index >= 15 is 0 Å². The standard InChI is InChI=1S/C14H16F4N2O.ClH/c1-20(10-4-6-19-7-5-10)13(21)11-8-9(14(16,17)18)2-3-12(11)15;/h2-3,8,10,19H,4-7H2,1H3;1H. The summed E-state index contributed by atoms with van der Waals surface area (Å²) >= 11 is 0. The van der Waals surface area contributed by atoms with Gasteiger partial charge in [-0.25, -0.2) is 4.39 Å². The summed E-state index contributed by atoms with van der Waals surface area (Å²) in [5.41, 5.74) is -1.56. The van der Waals surface area contributed by atoms with Crippen LogP contribution in [0.3, 0.4) is 0 Å². The molecule has 0 aromatic heterocycles. The molecule has 0 radical (unpaired) electrons. The van der Waals surface area contributed by atoms with Crippen LogP contribution < -0.4 is 5.32 Å². The number of benzene rings is 1. The smallest absolute Gasteiger partial charge is 0.339 e. The van der Waals surface area contributed by atoms with Crippen LogP contribution in [0.25, 0.3) is 0 Å². The van der Waals surface area contributed by atoms with E-state index in [4.69, 9.17) is 0 Å². The SMILES string of the molecule is CN(C(=O)c1cc(C(F)(F)F)ccc1F)C1CCNCC1.Cl. The zero-order valence-electron chi connectivity index (χ0n) is 11.9. The first-order chi connectivity index (χ1) is 9.80. The molecule has 1 aromatic rings. The molecule has 8 heteroatoms. The maximum Gasteiger partial charge on any atom is 0.416 e. The normalized spacial score (nSPS) is 16.0. The van der Waals surface area contributed by atoms with Crippen LogP contribution in [-0.4, -0.2) is 37.0 Å². The zero-order chi connectivity index (χ0) is 15.6. The molecular formula is C14H17ClF4N2O. The van der Waals surface area contributed by atoms with Crippen LogP contribution in [0, 0.1) is 5.82 Å². The number of carbonyl (C=O) groups excluding carboxylic acids is 1. The number of piperidine rings is 1. The largest absolute Gasteiger partial charge is 0.416 e. The van der Waals surface area contributed by atoms with Crippen molar-refractivity contribution >= 4 is 18.3 Å². The van der Waals surface area contributed by atoms with Gasteiger partial charge in [0.15, 0.2) is 0 Å². The first kappa shape index (κ1) is 18.7. The quantitative estimate of drug-likeness (QED) is 0.839. The number of alkyl halides is 3. The second-order valence-electron chi connectivity index (χ2n) is 5.09. The number of hydrogen-bond acceptors (Lipinski definition) is 2. The lowest BCUT2D eigenvalue weighted by molar-refractivity contribution is -0.137. The third kappa shape index (κ3) is 4.10. The molecule has 1 saturated heterocycles. The van der Waals surface area contributed by atoms with Gasteiger partial charge in [0.1, 0.15) is 5.82 Å². The Balaban J connectivity index is 0.00000242. The second kappa shape index (κ2) is 7.28. The molecule has 0 atom stereocenters. The van der Waals surface area contributed by atoms with Crippen molar-refractivity contribution in [3.05, 3.63) is 35.1 Å². The predicted octanol–water partition coefficient (Wildman–Crippen LogP) is 3.09. The summed E-state index contributed by atoms with van der Waals surface area (Å²) in [4.78, 5) is 13.6. The number of nitrogens with one attached hydrogen (secondary N) is 1. The molecule has 0 unspecified atom stereocenters. The summed E-state index contributed by atoms with van der Waals surface area (Å²) in [5.74, 6) is -1.65. The lowest BCUT2D eigenvalue weighted by Crippen LogP contribution is -2.44. The third-order valence-electron chi connectivity index (χ3n) is 3.70. The molecule has 0 spiro atoms. The Morgan fingerprint density at radius 1 is 1.27 bits per heavy atom. The van der Waals surface area contributed by atoms with Crippen LogP contribution in [0.4, 0.5) is 17.6 Å². The van der Waals surface area contributed by atoms with Crippen molar-refractivity contribution in [2.24, 2.45) is 0 Å². The number of carbonyl (C=O) groups is 1. The lowest BCUT2D eigenvalue weighted by Gasteiger charge is -2.31. The van der Waals surface area contributed by atoms with Crippen LogP contribution in [-0.2, 0) is 6.18 Å². The highest BCUT2D eigenvalue weighted by Gasteiger charge is 2.33. The number of halogens is 5. The van der Waals surface area contributed by atoms with E-state index in [1.54, 1.807) is 0 Å². The van der Waals surface area contributed by atoms with Crippen molar-refractivity contribution in [1.82, 2.24) is 10.2 Å². The maximum atomic E-state index is 13.7. The van der Waals surface area contributed by atoms with Crippen LogP contribution in [0.1, 0.15) is 28.8 Å². The minimum absolute atomic E-state index is 0. The zero-order valence-corrected chi connectivity index (χ0v) is 12.7. The molecule has 3 nitrogen and oxygen atoms in total. The van der Waals surface area contributed by atoms with Crippen molar-refractivity contribution < 1.29 is 22.4 Å². The maximum absolute atomic E-state index is 13.7. The Bertz CT molecular complexity index is 530. The van der Waals surface area contributed by atoms with Gasteiger partial charge in [-0.05, 0) is 44.1 Å². The predicted molar refractivity (Wildman–Crippen MR) is 76.6 cm³/mol. The summed E-state index contributed by atoms with van der Waals surface area (Å²) < 4.78 is 51.7. The highest BCUT2D eigenvalue weighted by atomic mass is 35.5. The molecule has 22 heavy (non-hydrogen) atoms. The highest BCUT2D eigenvalue weighted by molar-refractivity contribution is 5.94. The molecule has 0 saturated carbocycles. The highest BCUT2D eigenvalue weighted by Crippen LogP contribution is 2.30. The van der Waals surface area contributed by atoms with Crippen LogP contribution in [0.2, 0.25) is 0 Å². The molecule has 124 valence electrons. The Morgan fingerprint density at radius 2 is 1.86 bits per heavy atom. The summed E-state index contributed by atoms with van der Waals surface area (Å²) in [6, 6.07) is 1.81. The first-order valence-corrected chi connectivity index (χ1v) is 6.65. The van der Waals surface area contributed by atoms with Crippen LogP contribution >= 0.6 is 12.4 Å². The van der Waals surface area contributed by atoms with Gasteiger partial charge in [-0.3, -0.25) is 4.79 Å². The van der Waals surface area contributed by atoms with Gasteiger partial charge < -0.3 is 10.2 Å². The van der Waals surface area contributed by atoms with E-state index in [0.717, 1.165) is 13.1 Å². The van der Waals surface area contributed by atoms with Crippen molar-refractivity contribution in [2.45, 2.75) is 25.1 Å². The van der Waals surface area contributed by atoms with Gasteiger partial charge in [0.05, 0.1) is 11.1 Å². The summed E-state index contributed by atoms with van der Waals surface area (Å²) in [6.45, 7) is 1.46. The van der Waals surface area contributed by atoms with Gasteiger partial charge in [-0.1, -0.05) is 0 Å². The second-order valence-corrected chi connectivity index (χ2v) is 5.09. The number of nitrogens with zero attached hydrogens (tertiary/aromatic N) is 1.